The van der Waals surface area contributed by atoms with Gasteiger partial charge < -0.3 is 0 Å². The van der Waals surface area contributed by atoms with Gasteiger partial charge in [0.2, 0.25) is 0 Å². The molecule has 0 N–H and O–H groups in total. The van der Waals surface area contributed by atoms with Gasteiger partial charge in [0.15, 0.2) is 0 Å². The first kappa shape index (κ1) is 10.4. The highest BCUT2D eigenvalue weighted by molar-refractivity contribution is 9.10. The van der Waals surface area contributed by atoms with E-state index >= 15 is 0 Å². The summed E-state index contributed by atoms with van der Waals surface area (Å²) in [6, 6.07) is 4.52. The molecule has 0 radical (unpaired) electrons. The lowest BCUT2D eigenvalue weighted by molar-refractivity contribution is -0.118. The molecule has 1 aromatic rings. The molecule has 0 aliphatic rings. The third-order valence-corrected chi connectivity index (χ3v) is 2.18. The Balaban J connectivity index is 2.83. The standard InChI is InChI=1S/C10H10BrFO/c1-2-10(13)5-7-3-8(11)6-9(12)4-7/h3-4,6H,2,5H2,1H3. The zero-order valence-corrected chi connectivity index (χ0v) is 8.90. The van der Waals surface area contributed by atoms with Crippen LogP contribution < -0.4 is 0 Å². The Labute approximate surface area is 85.1 Å². The fourth-order valence-electron chi connectivity index (χ4n) is 1.07. The summed E-state index contributed by atoms with van der Waals surface area (Å²) >= 11 is 3.17. The first-order chi connectivity index (χ1) is 6.11. The Morgan fingerprint density at radius 3 is 2.69 bits per heavy atom. The quantitative estimate of drug-likeness (QED) is 0.799. The molecule has 0 spiro atoms. The normalized spacial score (nSPS) is 10.1. The van der Waals surface area contributed by atoms with Crippen molar-refractivity contribution in [3.8, 4) is 0 Å². The van der Waals surface area contributed by atoms with Gasteiger partial charge in [-0.2, -0.15) is 0 Å². The van der Waals surface area contributed by atoms with Gasteiger partial charge in [-0.15, -0.1) is 0 Å². The molecule has 0 unspecified atom stereocenters. The number of halogens is 2. The molecule has 1 rings (SSSR count). The molecule has 1 nitrogen and oxygen atoms in total. The summed E-state index contributed by atoms with van der Waals surface area (Å²) in [5.41, 5.74) is 0.721. The second-order valence-electron chi connectivity index (χ2n) is 2.85. The third kappa shape index (κ3) is 3.27. The minimum Gasteiger partial charge on any atom is -0.299 e. The van der Waals surface area contributed by atoms with Crippen molar-refractivity contribution in [1.82, 2.24) is 0 Å². The molecule has 0 saturated carbocycles. The van der Waals surface area contributed by atoms with Crippen molar-refractivity contribution >= 4 is 21.7 Å². The first-order valence-electron chi connectivity index (χ1n) is 4.08. The maximum Gasteiger partial charge on any atom is 0.136 e. The van der Waals surface area contributed by atoms with Crippen molar-refractivity contribution in [2.75, 3.05) is 0 Å². The second kappa shape index (κ2) is 4.51. The fraction of sp³-hybridized carbons (Fsp3) is 0.300. The van der Waals surface area contributed by atoms with Gasteiger partial charge in [-0.3, -0.25) is 4.79 Å². The summed E-state index contributed by atoms with van der Waals surface area (Å²) in [4.78, 5) is 11.1. The van der Waals surface area contributed by atoms with Crippen molar-refractivity contribution in [2.45, 2.75) is 19.8 Å². The number of carbonyl (C=O) groups is 1. The molecular formula is C10H10BrFO. The maximum absolute atomic E-state index is 12.8. The summed E-state index contributed by atoms with van der Waals surface area (Å²) in [7, 11) is 0. The molecule has 0 amide bonds. The lowest BCUT2D eigenvalue weighted by Gasteiger charge is -2.00. The number of ketones is 1. The molecule has 0 aliphatic carbocycles. The van der Waals surface area contributed by atoms with Crippen LogP contribution in [0.25, 0.3) is 0 Å². The number of benzene rings is 1. The molecule has 0 atom stereocenters. The van der Waals surface area contributed by atoms with Crippen LogP contribution in [0.4, 0.5) is 4.39 Å². The molecule has 0 bridgehead atoms. The molecule has 70 valence electrons. The van der Waals surface area contributed by atoms with Crippen LogP contribution in [0, 0.1) is 5.82 Å². The van der Waals surface area contributed by atoms with E-state index in [-0.39, 0.29) is 11.6 Å². The number of hydrogen-bond donors (Lipinski definition) is 0. The van der Waals surface area contributed by atoms with Gasteiger partial charge in [-0.1, -0.05) is 22.9 Å². The zero-order valence-electron chi connectivity index (χ0n) is 7.31. The Bertz CT molecular complexity index is 302. The molecule has 3 heteroatoms. The van der Waals surface area contributed by atoms with E-state index in [1.807, 2.05) is 0 Å². The second-order valence-corrected chi connectivity index (χ2v) is 3.76. The van der Waals surface area contributed by atoms with Gasteiger partial charge >= 0.3 is 0 Å². The average Bonchev–Trinajstić information content (AvgIpc) is 2.02. The van der Waals surface area contributed by atoms with Gasteiger partial charge in [0.05, 0.1) is 0 Å². The Hall–Kier alpha value is -0.700. The van der Waals surface area contributed by atoms with Crippen molar-refractivity contribution in [2.24, 2.45) is 0 Å². The molecule has 0 aromatic heterocycles. The molecule has 0 fully saturated rings. The van der Waals surface area contributed by atoms with Crippen molar-refractivity contribution in [1.29, 1.82) is 0 Å². The fourth-order valence-corrected chi connectivity index (χ4v) is 1.58. The molecule has 0 heterocycles. The Kier molecular flexibility index (Phi) is 3.60. The van der Waals surface area contributed by atoms with Crippen LogP contribution in [-0.4, -0.2) is 5.78 Å². The van der Waals surface area contributed by atoms with Crippen LogP contribution in [0.2, 0.25) is 0 Å². The van der Waals surface area contributed by atoms with Crippen LogP contribution in [0.3, 0.4) is 0 Å². The minimum absolute atomic E-state index is 0.123. The van der Waals surface area contributed by atoms with E-state index < -0.39 is 0 Å². The highest BCUT2D eigenvalue weighted by Crippen LogP contribution is 2.15. The molecular weight excluding hydrogens is 235 g/mol. The molecule has 0 aliphatic heterocycles. The van der Waals surface area contributed by atoms with E-state index in [0.29, 0.717) is 17.3 Å². The summed E-state index contributed by atoms with van der Waals surface area (Å²) in [6.45, 7) is 1.80. The van der Waals surface area contributed by atoms with E-state index in [4.69, 9.17) is 0 Å². The Morgan fingerprint density at radius 2 is 2.15 bits per heavy atom. The van der Waals surface area contributed by atoms with Crippen LogP contribution in [0.15, 0.2) is 22.7 Å². The molecule has 13 heavy (non-hydrogen) atoms. The maximum atomic E-state index is 12.8. The smallest absolute Gasteiger partial charge is 0.136 e. The highest BCUT2D eigenvalue weighted by atomic mass is 79.9. The van der Waals surface area contributed by atoms with E-state index in [1.54, 1.807) is 13.0 Å². The highest BCUT2D eigenvalue weighted by Gasteiger charge is 2.03. The molecule has 0 saturated heterocycles. The molecule has 1 aromatic carbocycles. The summed E-state index contributed by atoms with van der Waals surface area (Å²) < 4.78 is 13.5. The Morgan fingerprint density at radius 1 is 1.46 bits per heavy atom. The zero-order chi connectivity index (χ0) is 9.84. The van der Waals surface area contributed by atoms with Crippen LogP contribution in [-0.2, 0) is 11.2 Å². The summed E-state index contributed by atoms with van der Waals surface area (Å²) in [5.74, 6) is -0.189. The van der Waals surface area contributed by atoms with Crippen molar-refractivity contribution in [3.63, 3.8) is 0 Å². The predicted molar refractivity (Wildman–Crippen MR) is 53.1 cm³/mol. The minimum atomic E-state index is -0.312. The van der Waals surface area contributed by atoms with Gasteiger partial charge in [-0.25, -0.2) is 4.39 Å². The largest absolute Gasteiger partial charge is 0.299 e. The van der Waals surface area contributed by atoms with Gasteiger partial charge in [0.1, 0.15) is 11.6 Å². The van der Waals surface area contributed by atoms with E-state index in [1.165, 1.54) is 12.1 Å². The van der Waals surface area contributed by atoms with E-state index in [0.717, 1.165) is 5.56 Å². The van der Waals surface area contributed by atoms with E-state index in [2.05, 4.69) is 15.9 Å². The number of Topliss-reactive ketones (excluding diaryl/α,β-unsaturated/α-hetero) is 1. The van der Waals surface area contributed by atoms with Crippen LogP contribution in [0.5, 0.6) is 0 Å². The number of carbonyl (C=O) groups excluding carboxylic acids is 1. The topological polar surface area (TPSA) is 17.1 Å². The van der Waals surface area contributed by atoms with Crippen LogP contribution >= 0.6 is 15.9 Å². The van der Waals surface area contributed by atoms with Gasteiger partial charge in [0, 0.05) is 17.3 Å². The van der Waals surface area contributed by atoms with Crippen molar-refractivity contribution in [3.05, 3.63) is 34.1 Å². The number of hydrogen-bond acceptors (Lipinski definition) is 1. The van der Waals surface area contributed by atoms with Crippen LogP contribution in [0.1, 0.15) is 18.9 Å². The lowest BCUT2D eigenvalue weighted by atomic mass is 10.1. The van der Waals surface area contributed by atoms with Crippen molar-refractivity contribution < 1.29 is 9.18 Å². The summed E-state index contributed by atoms with van der Waals surface area (Å²) in [5, 5.41) is 0. The lowest BCUT2D eigenvalue weighted by Crippen LogP contribution is -2.00. The average molecular weight is 245 g/mol. The number of rotatable bonds is 3. The predicted octanol–water partition coefficient (Wildman–Crippen LogP) is 3.11. The first-order valence-corrected chi connectivity index (χ1v) is 4.87. The van der Waals surface area contributed by atoms with E-state index in [9.17, 15) is 9.18 Å². The SMILES string of the molecule is CCC(=O)Cc1cc(F)cc(Br)c1. The monoisotopic (exact) mass is 244 g/mol. The van der Waals surface area contributed by atoms with Gasteiger partial charge in [0.25, 0.3) is 0 Å². The third-order valence-electron chi connectivity index (χ3n) is 1.72. The summed E-state index contributed by atoms with van der Waals surface area (Å²) in [6.07, 6.45) is 0.807. The van der Waals surface area contributed by atoms with Gasteiger partial charge in [-0.05, 0) is 23.8 Å².